The second kappa shape index (κ2) is 7.05. The van der Waals surface area contributed by atoms with E-state index < -0.39 is 0 Å². The zero-order valence-corrected chi connectivity index (χ0v) is 14.1. The minimum atomic E-state index is 0.425. The fourth-order valence-corrected chi connectivity index (χ4v) is 3.26. The summed E-state index contributed by atoms with van der Waals surface area (Å²) in [5.74, 6) is 1.35. The third-order valence-electron chi connectivity index (χ3n) is 3.57. The monoisotopic (exact) mass is 304 g/mol. The van der Waals surface area contributed by atoms with Gasteiger partial charge in [-0.25, -0.2) is 4.98 Å². The molecule has 0 fully saturated rings. The summed E-state index contributed by atoms with van der Waals surface area (Å²) in [6.07, 6.45) is 0.831. The summed E-state index contributed by atoms with van der Waals surface area (Å²) in [5.41, 5.74) is 9.48. The van der Waals surface area contributed by atoms with E-state index >= 15 is 0 Å². The largest absolute Gasteiger partial charge is 0.493 e. The molecule has 0 atom stereocenters. The first-order valence-corrected chi connectivity index (χ1v) is 8.21. The average Bonchev–Trinajstić information content (AvgIpc) is 2.86. The van der Waals surface area contributed by atoms with Crippen molar-refractivity contribution in [1.82, 2.24) is 4.98 Å². The van der Waals surface area contributed by atoms with Crippen LogP contribution in [0.5, 0.6) is 5.75 Å². The molecule has 21 heavy (non-hydrogen) atoms. The Morgan fingerprint density at radius 3 is 2.57 bits per heavy atom. The first kappa shape index (κ1) is 16.0. The lowest BCUT2D eigenvalue weighted by Crippen LogP contribution is -2.02. The van der Waals surface area contributed by atoms with Crippen molar-refractivity contribution in [2.75, 3.05) is 6.61 Å². The van der Waals surface area contributed by atoms with Gasteiger partial charge in [-0.15, -0.1) is 11.3 Å². The minimum Gasteiger partial charge on any atom is -0.493 e. The SMILES string of the molecule is Cc1ccc(OCCc2nc(C(C)C)c(CN)s2)cc1C. The second-order valence-corrected chi connectivity index (χ2v) is 6.79. The van der Waals surface area contributed by atoms with Crippen LogP contribution in [0.3, 0.4) is 0 Å². The molecule has 0 radical (unpaired) electrons. The number of aryl methyl sites for hydroxylation is 2. The standard InChI is InChI=1S/C17H24N2OS/c1-11(2)17-15(10-18)21-16(19-17)7-8-20-14-6-5-12(3)13(4)9-14/h5-6,9,11H,7-8,10,18H2,1-4H3. The zero-order valence-electron chi connectivity index (χ0n) is 13.3. The van der Waals surface area contributed by atoms with Crippen LogP contribution >= 0.6 is 11.3 Å². The number of hydrogen-bond acceptors (Lipinski definition) is 4. The molecule has 0 unspecified atom stereocenters. The molecule has 0 aliphatic carbocycles. The van der Waals surface area contributed by atoms with Crippen LogP contribution in [0.1, 0.15) is 46.5 Å². The fraction of sp³-hybridized carbons (Fsp3) is 0.471. The van der Waals surface area contributed by atoms with E-state index in [9.17, 15) is 0 Å². The van der Waals surface area contributed by atoms with Gasteiger partial charge in [0.1, 0.15) is 5.75 Å². The predicted octanol–water partition coefficient (Wildman–Crippen LogP) is 3.96. The van der Waals surface area contributed by atoms with Gasteiger partial charge >= 0.3 is 0 Å². The van der Waals surface area contributed by atoms with E-state index in [1.54, 1.807) is 11.3 Å². The van der Waals surface area contributed by atoms with Crippen molar-refractivity contribution in [3.63, 3.8) is 0 Å². The summed E-state index contributed by atoms with van der Waals surface area (Å²) < 4.78 is 5.82. The Bertz CT molecular complexity index is 605. The number of ether oxygens (including phenoxy) is 1. The van der Waals surface area contributed by atoms with Gasteiger partial charge in [0.05, 0.1) is 17.3 Å². The Morgan fingerprint density at radius 2 is 2.00 bits per heavy atom. The van der Waals surface area contributed by atoms with Crippen molar-refractivity contribution in [2.24, 2.45) is 5.73 Å². The summed E-state index contributed by atoms with van der Waals surface area (Å²) in [6.45, 7) is 9.75. The molecule has 1 aromatic carbocycles. The summed E-state index contributed by atoms with van der Waals surface area (Å²) in [7, 11) is 0. The van der Waals surface area contributed by atoms with Gasteiger partial charge in [0.15, 0.2) is 0 Å². The van der Waals surface area contributed by atoms with Crippen LogP contribution in [-0.2, 0) is 13.0 Å². The third-order valence-corrected chi connectivity index (χ3v) is 4.72. The zero-order chi connectivity index (χ0) is 15.4. The topological polar surface area (TPSA) is 48.1 Å². The highest BCUT2D eigenvalue weighted by molar-refractivity contribution is 7.11. The van der Waals surface area contributed by atoms with E-state index in [1.165, 1.54) is 16.0 Å². The third kappa shape index (κ3) is 4.05. The van der Waals surface area contributed by atoms with Crippen molar-refractivity contribution >= 4 is 11.3 Å². The Kier molecular flexibility index (Phi) is 5.37. The summed E-state index contributed by atoms with van der Waals surface area (Å²) in [5, 5.41) is 1.11. The number of hydrogen-bond donors (Lipinski definition) is 1. The van der Waals surface area contributed by atoms with Gasteiger partial charge in [0.25, 0.3) is 0 Å². The number of thiazole rings is 1. The molecule has 1 heterocycles. The predicted molar refractivity (Wildman–Crippen MR) is 89.2 cm³/mol. The molecule has 0 spiro atoms. The van der Waals surface area contributed by atoms with Gasteiger partial charge in [0.2, 0.25) is 0 Å². The van der Waals surface area contributed by atoms with Crippen molar-refractivity contribution < 1.29 is 4.74 Å². The highest BCUT2D eigenvalue weighted by atomic mass is 32.1. The van der Waals surface area contributed by atoms with E-state index in [4.69, 9.17) is 15.5 Å². The summed E-state index contributed by atoms with van der Waals surface area (Å²) in [6, 6.07) is 6.20. The molecule has 0 aliphatic heterocycles. The molecule has 0 saturated heterocycles. The van der Waals surface area contributed by atoms with E-state index in [0.29, 0.717) is 19.1 Å². The summed E-state index contributed by atoms with van der Waals surface area (Å²) >= 11 is 1.71. The molecule has 4 heteroatoms. The molecular weight excluding hydrogens is 280 g/mol. The number of benzene rings is 1. The maximum Gasteiger partial charge on any atom is 0.119 e. The highest BCUT2D eigenvalue weighted by Crippen LogP contribution is 2.25. The Labute approximate surface area is 131 Å². The van der Waals surface area contributed by atoms with Crippen LogP contribution < -0.4 is 10.5 Å². The van der Waals surface area contributed by atoms with Crippen LogP contribution in [-0.4, -0.2) is 11.6 Å². The lowest BCUT2D eigenvalue weighted by atomic mass is 10.1. The lowest BCUT2D eigenvalue weighted by molar-refractivity contribution is 0.321. The Balaban J connectivity index is 1.95. The van der Waals surface area contributed by atoms with Gasteiger partial charge in [-0.1, -0.05) is 19.9 Å². The van der Waals surface area contributed by atoms with Crippen LogP contribution in [0.25, 0.3) is 0 Å². The first-order valence-electron chi connectivity index (χ1n) is 7.40. The average molecular weight is 304 g/mol. The van der Waals surface area contributed by atoms with Crippen LogP contribution in [0.15, 0.2) is 18.2 Å². The van der Waals surface area contributed by atoms with Gasteiger partial charge in [0, 0.05) is 17.8 Å². The van der Waals surface area contributed by atoms with Crippen LogP contribution in [0.2, 0.25) is 0 Å². The van der Waals surface area contributed by atoms with Crippen molar-refractivity contribution in [3.05, 3.63) is 44.9 Å². The molecular formula is C17H24N2OS. The normalized spacial score (nSPS) is 11.1. The van der Waals surface area contributed by atoms with Crippen LogP contribution in [0, 0.1) is 13.8 Å². The molecule has 0 amide bonds. The quantitative estimate of drug-likeness (QED) is 0.878. The number of rotatable bonds is 6. The second-order valence-electron chi connectivity index (χ2n) is 5.62. The maximum atomic E-state index is 5.82. The van der Waals surface area contributed by atoms with Gasteiger partial charge < -0.3 is 10.5 Å². The molecule has 0 bridgehead atoms. The maximum absolute atomic E-state index is 5.82. The van der Waals surface area contributed by atoms with Crippen LogP contribution in [0.4, 0.5) is 0 Å². The Hall–Kier alpha value is -1.39. The molecule has 0 aliphatic rings. The van der Waals surface area contributed by atoms with Gasteiger partial charge in [-0.3, -0.25) is 0 Å². The number of nitrogens with two attached hydrogens (primary N) is 1. The lowest BCUT2D eigenvalue weighted by Gasteiger charge is -2.07. The minimum absolute atomic E-state index is 0.425. The number of aromatic nitrogens is 1. The highest BCUT2D eigenvalue weighted by Gasteiger charge is 2.13. The van der Waals surface area contributed by atoms with E-state index in [-0.39, 0.29) is 0 Å². The Morgan fingerprint density at radius 1 is 1.24 bits per heavy atom. The van der Waals surface area contributed by atoms with Gasteiger partial charge in [-0.2, -0.15) is 0 Å². The first-order chi connectivity index (χ1) is 10.0. The van der Waals surface area contributed by atoms with Crippen molar-refractivity contribution in [2.45, 2.75) is 46.6 Å². The molecule has 114 valence electrons. The molecule has 1 aromatic heterocycles. The summed E-state index contributed by atoms with van der Waals surface area (Å²) in [4.78, 5) is 5.90. The molecule has 3 nitrogen and oxygen atoms in total. The fourth-order valence-electron chi connectivity index (χ4n) is 2.18. The van der Waals surface area contributed by atoms with E-state index in [0.717, 1.165) is 22.9 Å². The molecule has 2 aromatic rings. The molecule has 2 rings (SSSR count). The van der Waals surface area contributed by atoms with Crippen molar-refractivity contribution in [1.29, 1.82) is 0 Å². The van der Waals surface area contributed by atoms with Crippen molar-refractivity contribution in [3.8, 4) is 5.75 Å². The van der Waals surface area contributed by atoms with E-state index in [1.807, 2.05) is 6.07 Å². The molecule has 2 N–H and O–H groups in total. The van der Waals surface area contributed by atoms with Gasteiger partial charge in [-0.05, 0) is 43.0 Å². The molecule has 0 saturated carbocycles. The smallest absolute Gasteiger partial charge is 0.119 e. The van der Waals surface area contributed by atoms with E-state index in [2.05, 4.69) is 39.8 Å². The number of nitrogens with zero attached hydrogens (tertiary/aromatic N) is 1.